The standard InChI is InChI=1S/C13H18O6/c1-8(2)11(15)17-6-5-10(14)18-9-7-13(3,4)19-12(9)16/h9H,1,5-7H2,2-4H3. The van der Waals surface area contributed by atoms with Gasteiger partial charge in [-0.25, -0.2) is 9.59 Å². The summed E-state index contributed by atoms with van der Waals surface area (Å²) in [6, 6.07) is 0. The van der Waals surface area contributed by atoms with Gasteiger partial charge in [0, 0.05) is 12.0 Å². The SMILES string of the molecule is C=C(C)C(=O)OCCC(=O)OC1CC(C)(C)OC1=O. The van der Waals surface area contributed by atoms with Crippen molar-refractivity contribution in [1.82, 2.24) is 0 Å². The zero-order valence-corrected chi connectivity index (χ0v) is 11.4. The molecule has 0 spiro atoms. The lowest BCUT2D eigenvalue weighted by molar-refractivity contribution is -0.163. The molecule has 1 heterocycles. The summed E-state index contributed by atoms with van der Waals surface area (Å²) < 4.78 is 14.7. The first kappa shape index (κ1) is 15.2. The monoisotopic (exact) mass is 270 g/mol. The van der Waals surface area contributed by atoms with Crippen LogP contribution >= 0.6 is 0 Å². The molecule has 0 amide bonds. The second-order valence-corrected chi connectivity index (χ2v) is 5.03. The number of hydrogen-bond acceptors (Lipinski definition) is 6. The summed E-state index contributed by atoms with van der Waals surface area (Å²) in [6.07, 6.45) is -0.661. The van der Waals surface area contributed by atoms with E-state index < -0.39 is 29.6 Å². The molecule has 6 heteroatoms. The summed E-state index contributed by atoms with van der Waals surface area (Å²) in [4.78, 5) is 33.9. The molecule has 0 aromatic heterocycles. The molecule has 0 N–H and O–H groups in total. The zero-order valence-electron chi connectivity index (χ0n) is 11.4. The molecule has 106 valence electrons. The third kappa shape index (κ3) is 4.73. The number of hydrogen-bond donors (Lipinski definition) is 0. The van der Waals surface area contributed by atoms with E-state index in [1.807, 2.05) is 0 Å². The fraction of sp³-hybridized carbons (Fsp3) is 0.615. The van der Waals surface area contributed by atoms with Crippen LogP contribution in [0.4, 0.5) is 0 Å². The third-order valence-electron chi connectivity index (χ3n) is 2.48. The Hall–Kier alpha value is -1.85. The topological polar surface area (TPSA) is 78.9 Å². The average molecular weight is 270 g/mol. The smallest absolute Gasteiger partial charge is 0.348 e. The van der Waals surface area contributed by atoms with Gasteiger partial charge in [0.1, 0.15) is 12.2 Å². The van der Waals surface area contributed by atoms with Crippen molar-refractivity contribution in [2.45, 2.75) is 45.3 Å². The van der Waals surface area contributed by atoms with E-state index in [0.717, 1.165) is 0 Å². The molecule has 0 radical (unpaired) electrons. The Bertz CT molecular complexity index is 409. The molecule has 0 aromatic rings. The molecule has 1 rings (SSSR count). The van der Waals surface area contributed by atoms with E-state index in [2.05, 4.69) is 6.58 Å². The first-order chi connectivity index (χ1) is 8.71. The van der Waals surface area contributed by atoms with Crippen molar-refractivity contribution in [1.29, 1.82) is 0 Å². The van der Waals surface area contributed by atoms with Gasteiger partial charge in [-0.05, 0) is 20.8 Å². The first-order valence-corrected chi connectivity index (χ1v) is 5.96. The van der Waals surface area contributed by atoms with Crippen LogP contribution in [-0.2, 0) is 28.6 Å². The van der Waals surface area contributed by atoms with Crippen molar-refractivity contribution >= 4 is 17.9 Å². The minimum absolute atomic E-state index is 0.102. The summed E-state index contributed by atoms with van der Waals surface area (Å²) in [5.74, 6) is -1.71. The Morgan fingerprint density at radius 3 is 2.58 bits per heavy atom. The van der Waals surface area contributed by atoms with Crippen molar-refractivity contribution in [3.8, 4) is 0 Å². The fourth-order valence-electron chi connectivity index (χ4n) is 1.57. The van der Waals surface area contributed by atoms with Gasteiger partial charge in [-0.1, -0.05) is 6.58 Å². The van der Waals surface area contributed by atoms with Crippen molar-refractivity contribution in [2.75, 3.05) is 6.61 Å². The van der Waals surface area contributed by atoms with Crippen LogP contribution in [0.1, 0.15) is 33.6 Å². The molecular weight excluding hydrogens is 252 g/mol. The highest BCUT2D eigenvalue weighted by molar-refractivity contribution is 5.87. The Morgan fingerprint density at radius 2 is 2.11 bits per heavy atom. The molecule has 0 aliphatic carbocycles. The molecule has 19 heavy (non-hydrogen) atoms. The molecule has 1 saturated heterocycles. The van der Waals surface area contributed by atoms with Gasteiger partial charge in [-0.15, -0.1) is 0 Å². The first-order valence-electron chi connectivity index (χ1n) is 5.96. The summed E-state index contributed by atoms with van der Waals surface area (Å²) in [5.41, 5.74) is -0.358. The maximum Gasteiger partial charge on any atom is 0.348 e. The molecule has 0 saturated carbocycles. The zero-order chi connectivity index (χ0) is 14.6. The van der Waals surface area contributed by atoms with E-state index in [9.17, 15) is 14.4 Å². The van der Waals surface area contributed by atoms with Gasteiger partial charge >= 0.3 is 17.9 Å². The van der Waals surface area contributed by atoms with Crippen LogP contribution in [0.15, 0.2) is 12.2 Å². The van der Waals surface area contributed by atoms with E-state index in [-0.39, 0.29) is 18.6 Å². The number of ether oxygens (including phenoxy) is 3. The summed E-state index contributed by atoms with van der Waals surface area (Å²) in [5, 5.41) is 0. The Balaban J connectivity index is 2.31. The minimum Gasteiger partial charge on any atom is -0.462 e. The highest BCUT2D eigenvalue weighted by Crippen LogP contribution is 2.27. The maximum atomic E-state index is 11.5. The largest absolute Gasteiger partial charge is 0.462 e. The Morgan fingerprint density at radius 1 is 1.47 bits per heavy atom. The predicted octanol–water partition coefficient (Wildman–Crippen LogP) is 1.13. The minimum atomic E-state index is -0.876. The van der Waals surface area contributed by atoms with Gasteiger partial charge in [0.25, 0.3) is 0 Å². The number of carbonyl (C=O) groups is 3. The number of rotatable bonds is 5. The van der Waals surface area contributed by atoms with Crippen LogP contribution in [-0.4, -0.2) is 36.2 Å². The van der Waals surface area contributed by atoms with Gasteiger partial charge in [-0.3, -0.25) is 4.79 Å². The van der Waals surface area contributed by atoms with Gasteiger partial charge in [0.05, 0.1) is 6.42 Å². The lowest BCUT2D eigenvalue weighted by Crippen LogP contribution is -2.24. The van der Waals surface area contributed by atoms with Crippen LogP contribution in [0.2, 0.25) is 0 Å². The Labute approximate surface area is 111 Å². The summed E-state index contributed by atoms with van der Waals surface area (Å²) >= 11 is 0. The second-order valence-electron chi connectivity index (χ2n) is 5.03. The third-order valence-corrected chi connectivity index (χ3v) is 2.48. The van der Waals surface area contributed by atoms with E-state index in [4.69, 9.17) is 14.2 Å². The molecular formula is C13H18O6. The number of cyclic esters (lactones) is 1. The molecule has 6 nitrogen and oxygen atoms in total. The second kappa shape index (κ2) is 5.86. The van der Waals surface area contributed by atoms with Gasteiger partial charge in [-0.2, -0.15) is 0 Å². The Kier molecular flexibility index (Phi) is 4.69. The van der Waals surface area contributed by atoms with E-state index in [1.54, 1.807) is 13.8 Å². The molecule has 1 aliphatic heterocycles. The van der Waals surface area contributed by atoms with E-state index in [1.165, 1.54) is 6.92 Å². The van der Waals surface area contributed by atoms with Crippen LogP contribution in [0.3, 0.4) is 0 Å². The van der Waals surface area contributed by atoms with Gasteiger partial charge < -0.3 is 14.2 Å². The lowest BCUT2D eigenvalue weighted by Gasteiger charge is -2.14. The number of esters is 3. The molecule has 1 fully saturated rings. The quantitative estimate of drug-likeness (QED) is 0.423. The fourth-order valence-corrected chi connectivity index (χ4v) is 1.57. The number of carbonyl (C=O) groups excluding carboxylic acids is 3. The molecule has 0 aromatic carbocycles. The molecule has 1 unspecified atom stereocenters. The molecule has 1 atom stereocenters. The van der Waals surface area contributed by atoms with Crippen LogP contribution in [0, 0.1) is 0 Å². The highest BCUT2D eigenvalue weighted by Gasteiger charge is 2.42. The summed E-state index contributed by atoms with van der Waals surface area (Å²) in [6.45, 7) is 8.31. The van der Waals surface area contributed by atoms with E-state index in [0.29, 0.717) is 6.42 Å². The lowest BCUT2D eigenvalue weighted by atomic mass is 10.0. The van der Waals surface area contributed by atoms with Gasteiger partial charge in [0.2, 0.25) is 6.10 Å². The maximum absolute atomic E-state index is 11.5. The predicted molar refractivity (Wildman–Crippen MR) is 65.1 cm³/mol. The van der Waals surface area contributed by atoms with Crippen molar-refractivity contribution < 1.29 is 28.6 Å². The highest BCUT2D eigenvalue weighted by atomic mass is 16.6. The summed E-state index contributed by atoms with van der Waals surface area (Å²) in [7, 11) is 0. The van der Waals surface area contributed by atoms with Crippen molar-refractivity contribution in [2.24, 2.45) is 0 Å². The molecule has 1 aliphatic rings. The average Bonchev–Trinajstić information content (AvgIpc) is 2.51. The van der Waals surface area contributed by atoms with Crippen molar-refractivity contribution in [3.05, 3.63) is 12.2 Å². The van der Waals surface area contributed by atoms with Gasteiger partial charge in [0.15, 0.2) is 0 Å². The van der Waals surface area contributed by atoms with Crippen LogP contribution < -0.4 is 0 Å². The van der Waals surface area contributed by atoms with Crippen LogP contribution in [0.25, 0.3) is 0 Å². The van der Waals surface area contributed by atoms with Crippen LogP contribution in [0.5, 0.6) is 0 Å². The van der Waals surface area contributed by atoms with Crippen molar-refractivity contribution in [3.63, 3.8) is 0 Å². The normalized spacial score (nSPS) is 20.6. The molecule has 0 bridgehead atoms. The van der Waals surface area contributed by atoms with E-state index >= 15 is 0 Å².